The molecule has 3 rings (SSSR count). The summed E-state index contributed by atoms with van der Waals surface area (Å²) in [6, 6.07) is 17.9. The first-order chi connectivity index (χ1) is 11.3. The zero-order valence-electron chi connectivity index (χ0n) is 13.4. The zero-order valence-corrected chi connectivity index (χ0v) is 13.4. The average Bonchev–Trinajstić information content (AvgIpc) is 3.00. The smallest absolute Gasteiger partial charge is 0.143 e. The second kappa shape index (κ2) is 6.86. The van der Waals surface area contributed by atoms with Crippen molar-refractivity contribution in [1.29, 1.82) is 0 Å². The Bertz CT molecular complexity index is 767. The fourth-order valence-electron chi connectivity index (χ4n) is 3.12. The normalized spacial score (nSPS) is 13.9. The Morgan fingerprint density at radius 3 is 2.57 bits per heavy atom. The van der Waals surface area contributed by atoms with Crippen LogP contribution >= 0.6 is 0 Å². The van der Waals surface area contributed by atoms with E-state index in [0.717, 1.165) is 22.2 Å². The highest BCUT2D eigenvalue weighted by atomic mass is 16.5. The molecule has 0 aliphatic rings. The summed E-state index contributed by atoms with van der Waals surface area (Å²) in [4.78, 5) is 0. The number of ether oxygens (including phenoxy) is 1. The third-order valence-electron chi connectivity index (χ3n) is 4.14. The maximum Gasteiger partial charge on any atom is 0.143 e. The lowest BCUT2D eigenvalue weighted by Crippen LogP contribution is -2.33. The summed E-state index contributed by atoms with van der Waals surface area (Å²) in [6.45, 7) is 0.508. The number of hydrogen-bond acceptors (Lipinski definition) is 3. The Morgan fingerprint density at radius 2 is 1.87 bits per heavy atom. The topological polar surface area (TPSA) is 46.4 Å². The summed E-state index contributed by atoms with van der Waals surface area (Å²) in [5.41, 5.74) is 2.07. The van der Waals surface area contributed by atoms with Crippen molar-refractivity contribution in [2.75, 3.05) is 20.7 Å². The second-order valence-electron chi connectivity index (χ2n) is 5.60. The van der Waals surface area contributed by atoms with Gasteiger partial charge in [0.15, 0.2) is 0 Å². The van der Waals surface area contributed by atoms with Gasteiger partial charge in [-0.1, -0.05) is 42.5 Å². The third kappa shape index (κ3) is 2.96. The van der Waals surface area contributed by atoms with Crippen LogP contribution in [0.15, 0.2) is 60.8 Å². The molecule has 1 heterocycles. The van der Waals surface area contributed by atoms with Crippen LogP contribution in [0.25, 0.3) is 10.9 Å². The number of fused-ring (bicyclic) bond motifs is 1. The maximum absolute atomic E-state index is 10.7. The highest BCUT2D eigenvalue weighted by molar-refractivity contribution is 5.86. The molecule has 4 nitrogen and oxygen atoms in total. The molecule has 3 aromatic rings. The van der Waals surface area contributed by atoms with E-state index >= 15 is 0 Å². The van der Waals surface area contributed by atoms with Gasteiger partial charge in [0.2, 0.25) is 0 Å². The van der Waals surface area contributed by atoms with Gasteiger partial charge in [-0.15, -0.1) is 0 Å². The Kier molecular flexibility index (Phi) is 4.65. The molecule has 2 aromatic carbocycles. The first kappa shape index (κ1) is 15.6. The average molecular weight is 310 g/mol. The zero-order chi connectivity index (χ0) is 16.2. The molecule has 0 spiro atoms. The largest absolute Gasteiger partial charge is 0.495 e. The lowest BCUT2D eigenvalue weighted by Gasteiger charge is -2.26. The molecule has 2 atom stereocenters. The van der Waals surface area contributed by atoms with E-state index < -0.39 is 6.10 Å². The number of nitrogens with zero attached hydrogens (tertiary/aromatic N) is 1. The van der Waals surface area contributed by atoms with Crippen molar-refractivity contribution in [3.63, 3.8) is 0 Å². The quantitative estimate of drug-likeness (QED) is 0.736. The van der Waals surface area contributed by atoms with Gasteiger partial charge in [0.05, 0.1) is 24.8 Å². The molecular formula is C19H22N2O2. The fourth-order valence-corrected chi connectivity index (χ4v) is 3.12. The van der Waals surface area contributed by atoms with Gasteiger partial charge in [-0.05, 0) is 24.7 Å². The molecule has 23 heavy (non-hydrogen) atoms. The number of benzene rings is 2. The number of aromatic nitrogens is 1. The number of rotatable bonds is 6. The van der Waals surface area contributed by atoms with Gasteiger partial charge >= 0.3 is 0 Å². The van der Waals surface area contributed by atoms with Crippen molar-refractivity contribution in [2.24, 2.45) is 0 Å². The number of nitrogens with one attached hydrogen (secondary N) is 1. The standard InChI is InChI=1S/C19H22N2O2/c1-20-13-16(22)18(14-7-4-3-5-8-14)21-12-11-15-9-6-10-17(23-2)19(15)21/h3-12,16,18,20,22H,13H2,1-2H3. The molecule has 4 heteroatoms. The van der Waals surface area contributed by atoms with Gasteiger partial charge in [-0.3, -0.25) is 0 Å². The molecule has 120 valence electrons. The van der Waals surface area contributed by atoms with Gasteiger partial charge in [-0.25, -0.2) is 0 Å². The van der Waals surface area contributed by atoms with Crippen molar-refractivity contribution in [1.82, 2.24) is 9.88 Å². The van der Waals surface area contributed by atoms with Gasteiger partial charge in [0.1, 0.15) is 5.75 Å². The minimum absolute atomic E-state index is 0.183. The molecule has 0 fully saturated rings. The lowest BCUT2D eigenvalue weighted by atomic mass is 10.0. The molecule has 2 N–H and O–H groups in total. The van der Waals surface area contributed by atoms with Gasteiger partial charge in [-0.2, -0.15) is 0 Å². The van der Waals surface area contributed by atoms with E-state index in [1.54, 1.807) is 7.11 Å². The predicted molar refractivity (Wildman–Crippen MR) is 93.0 cm³/mol. The second-order valence-corrected chi connectivity index (χ2v) is 5.60. The lowest BCUT2D eigenvalue weighted by molar-refractivity contribution is 0.132. The van der Waals surface area contributed by atoms with Crippen LogP contribution in [0.2, 0.25) is 0 Å². The molecule has 0 aliphatic carbocycles. The number of hydrogen-bond donors (Lipinski definition) is 2. The van der Waals surface area contributed by atoms with E-state index in [4.69, 9.17) is 4.74 Å². The van der Waals surface area contributed by atoms with E-state index in [-0.39, 0.29) is 6.04 Å². The van der Waals surface area contributed by atoms with Crippen LogP contribution in [0.3, 0.4) is 0 Å². The molecule has 0 saturated heterocycles. The predicted octanol–water partition coefficient (Wildman–Crippen LogP) is 2.82. The van der Waals surface area contributed by atoms with Crippen LogP contribution < -0.4 is 10.1 Å². The summed E-state index contributed by atoms with van der Waals surface area (Å²) in [6.07, 6.45) is 1.46. The molecule has 0 aliphatic heterocycles. The Hall–Kier alpha value is -2.30. The third-order valence-corrected chi connectivity index (χ3v) is 4.14. The van der Waals surface area contributed by atoms with E-state index in [9.17, 15) is 5.11 Å². The van der Waals surface area contributed by atoms with Gasteiger partial charge < -0.3 is 19.7 Å². The monoisotopic (exact) mass is 310 g/mol. The van der Waals surface area contributed by atoms with E-state index in [1.807, 2.05) is 55.7 Å². The number of aliphatic hydroxyl groups excluding tert-OH is 1. The number of likely N-dealkylation sites (N-methyl/N-ethyl adjacent to an activating group) is 1. The molecule has 2 unspecified atom stereocenters. The van der Waals surface area contributed by atoms with E-state index in [0.29, 0.717) is 6.54 Å². The molecular weight excluding hydrogens is 288 g/mol. The minimum atomic E-state index is -0.553. The highest BCUT2D eigenvalue weighted by Crippen LogP contribution is 2.33. The Balaban J connectivity index is 2.17. The van der Waals surface area contributed by atoms with Crippen molar-refractivity contribution in [2.45, 2.75) is 12.1 Å². The Morgan fingerprint density at radius 1 is 1.09 bits per heavy atom. The van der Waals surface area contributed by atoms with Crippen LogP contribution in [-0.4, -0.2) is 36.5 Å². The molecule has 0 bridgehead atoms. The Labute approximate surface area is 136 Å². The summed E-state index contributed by atoms with van der Waals surface area (Å²) < 4.78 is 7.64. The number of methoxy groups -OCH3 is 1. The molecule has 0 radical (unpaired) electrons. The van der Waals surface area contributed by atoms with Gasteiger partial charge in [0.25, 0.3) is 0 Å². The first-order valence-corrected chi connectivity index (χ1v) is 7.77. The van der Waals surface area contributed by atoms with Crippen molar-refractivity contribution in [3.05, 3.63) is 66.4 Å². The van der Waals surface area contributed by atoms with E-state index in [2.05, 4.69) is 22.0 Å². The van der Waals surface area contributed by atoms with Crippen LogP contribution in [0.4, 0.5) is 0 Å². The van der Waals surface area contributed by atoms with Crippen LogP contribution in [-0.2, 0) is 0 Å². The summed E-state index contributed by atoms with van der Waals surface area (Å²) in [5.74, 6) is 0.810. The minimum Gasteiger partial charge on any atom is -0.495 e. The molecule has 0 amide bonds. The summed E-state index contributed by atoms with van der Waals surface area (Å²) in [5, 5.41) is 14.9. The van der Waals surface area contributed by atoms with Crippen LogP contribution in [0, 0.1) is 0 Å². The van der Waals surface area contributed by atoms with Crippen molar-refractivity contribution < 1.29 is 9.84 Å². The summed E-state index contributed by atoms with van der Waals surface area (Å²) >= 11 is 0. The number of aliphatic hydroxyl groups is 1. The SMILES string of the molecule is CNCC(O)C(c1ccccc1)n1ccc2cccc(OC)c21. The first-order valence-electron chi connectivity index (χ1n) is 7.77. The van der Waals surface area contributed by atoms with Gasteiger partial charge in [0, 0.05) is 18.1 Å². The van der Waals surface area contributed by atoms with Crippen LogP contribution in [0.5, 0.6) is 5.75 Å². The number of para-hydroxylation sites is 1. The summed E-state index contributed by atoms with van der Waals surface area (Å²) in [7, 11) is 3.52. The molecule has 0 saturated carbocycles. The van der Waals surface area contributed by atoms with Crippen molar-refractivity contribution >= 4 is 10.9 Å². The van der Waals surface area contributed by atoms with E-state index in [1.165, 1.54) is 0 Å². The van der Waals surface area contributed by atoms with Crippen LogP contribution in [0.1, 0.15) is 11.6 Å². The highest BCUT2D eigenvalue weighted by Gasteiger charge is 2.24. The molecule has 1 aromatic heterocycles. The van der Waals surface area contributed by atoms with Crippen molar-refractivity contribution in [3.8, 4) is 5.75 Å². The fraction of sp³-hybridized carbons (Fsp3) is 0.263. The maximum atomic E-state index is 10.7.